The molecule has 9 atom stereocenters. The van der Waals surface area contributed by atoms with Crippen molar-refractivity contribution in [1.82, 2.24) is 95.3 Å². The fourth-order valence-electron chi connectivity index (χ4n) is 12.3. The number of rotatable bonds is 49. The lowest BCUT2D eigenvalue weighted by molar-refractivity contribution is -0.145. The molecule has 0 aromatic carbocycles. The van der Waals surface area contributed by atoms with E-state index in [4.69, 9.17) is 11.5 Å². The van der Waals surface area contributed by atoms with Gasteiger partial charge in [-0.15, -0.1) is 0 Å². The lowest BCUT2D eigenvalue weighted by Gasteiger charge is -2.35. The van der Waals surface area contributed by atoms with Crippen LogP contribution in [-0.2, 0) is 95.9 Å². The summed E-state index contributed by atoms with van der Waals surface area (Å²) in [5, 5.41) is 53.3. The standard InChI is InChI=1S/C80H140N20O21/c1-27-80(26,99-70(119)78(22,23)93-58(107)45(10)85-55(105)38-83-65(114)73(12,13)92-46(11)102)71(120)90-49(31-33-54(82)104)60(109)94-75(16,17)68(117)91-57(44(8)9)64(113)97-74(14,15)66(115)84-39-56(106)87-50(36-42(4)5)61(110)96-79(24,25)72(121)100-34-28-29-52(100)63(112)88-51(37-43(6)7)62(111)95-77(20,21)69(118)98-76(18,19)67(116)89-48(30-32-53(81)103)59(108)86-47(40-101)35-41(2)3/h41-45,47-52,57,101H,27-40H2,1-26H3,(H2,81,103)(H2,82,104)(H,83,114)(H,84,115)(H,85,105)(H,86,108)(H,87,106)(H,88,112)(H,89,116)(H,90,120)(H,91,117)(H,92,102)(H,93,107)(H,94,109)(H,95,111)(H,96,110)(H,97,113)(H,98,118)(H,99,119)/t45-,47-,48+,49+,50-,51+,52-,57+,80-/m0/s1. The summed E-state index contributed by atoms with van der Waals surface area (Å²) < 4.78 is 0. The van der Waals surface area contributed by atoms with E-state index in [9.17, 15) is 101 Å². The van der Waals surface area contributed by atoms with Crippen LogP contribution in [0.4, 0.5) is 0 Å². The monoisotopic (exact) mass is 1720 g/mol. The number of aliphatic hydroxyl groups is 1. The summed E-state index contributed by atoms with van der Waals surface area (Å²) in [6.07, 6.45) is -0.433. The van der Waals surface area contributed by atoms with Crippen LogP contribution < -0.4 is 102 Å². The number of hydrogen-bond donors (Lipinski definition) is 20. The van der Waals surface area contributed by atoms with E-state index in [0.717, 1.165) is 0 Å². The number of hydrogen-bond acceptors (Lipinski definition) is 21. The van der Waals surface area contributed by atoms with Crippen LogP contribution in [-0.4, -0.2) is 247 Å². The molecule has 686 valence electrons. The largest absolute Gasteiger partial charge is 0.394 e. The molecule has 0 saturated carbocycles. The molecule has 41 nitrogen and oxygen atoms in total. The molecule has 1 heterocycles. The number of carbonyl (C=O) groups excluding carboxylic acids is 20. The van der Waals surface area contributed by atoms with Crippen molar-refractivity contribution in [3.05, 3.63) is 0 Å². The highest BCUT2D eigenvalue weighted by Gasteiger charge is 2.47. The van der Waals surface area contributed by atoms with Gasteiger partial charge in [-0.05, 0) is 186 Å². The molecule has 1 fully saturated rings. The van der Waals surface area contributed by atoms with Crippen molar-refractivity contribution >= 4 is 118 Å². The van der Waals surface area contributed by atoms with Crippen LogP contribution in [0.15, 0.2) is 0 Å². The zero-order valence-electron chi connectivity index (χ0n) is 75.5. The van der Waals surface area contributed by atoms with Crippen LogP contribution in [0, 0.1) is 23.7 Å². The molecule has 1 saturated heterocycles. The van der Waals surface area contributed by atoms with Crippen LogP contribution in [0.25, 0.3) is 0 Å². The number of primary amides is 2. The Kier molecular flexibility index (Phi) is 41.1. The van der Waals surface area contributed by atoms with E-state index in [1.54, 1.807) is 41.5 Å². The molecule has 20 amide bonds. The number of nitrogens with zero attached hydrogens (tertiary/aromatic N) is 1. The average Bonchev–Trinajstić information content (AvgIpc) is 1.20. The first kappa shape index (κ1) is 108. The van der Waals surface area contributed by atoms with Crippen molar-refractivity contribution in [1.29, 1.82) is 0 Å². The fraction of sp³-hybridized carbons (Fsp3) is 0.750. The van der Waals surface area contributed by atoms with Crippen molar-refractivity contribution in [2.45, 2.75) is 337 Å². The van der Waals surface area contributed by atoms with Gasteiger partial charge in [0.1, 0.15) is 86.6 Å². The molecular formula is C80H140N20O21. The minimum atomic E-state index is -1.89. The molecule has 0 aromatic heterocycles. The van der Waals surface area contributed by atoms with E-state index in [-0.39, 0.29) is 62.8 Å². The fourth-order valence-corrected chi connectivity index (χ4v) is 12.3. The summed E-state index contributed by atoms with van der Waals surface area (Å²) in [5.41, 5.74) is -3.03. The van der Waals surface area contributed by atoms with Gasteiger partial charge in [0, 0.05) is 26.3 Å². The SMILES string of the molecule is CC[C@](C)(NC(=O)C(C)(C)NC(=O)[C@H](C)NC(=O)CNC(=O)C(C)(C)NC(C)=O)C(=O)N[C@H](CCC(N)=O)C(=O)NC(C)(C)C(=O)N[C@@H](C(=O)NC(C)(C)C(=O)NCC(=O)N[C@@H](CC(C)C)C(=O)NC(C)(C)C(=O)N1CCC[C@H]1C(=O)N[C@H](CC(C)C)C(=O)NC(C)(C)C(=O)NC(C)(C)C(=O)N[C@H](CCC(N)=O)C(=O)N[C@H](CO)CC(C)C)C(C)C. The van der Waals surface area contributed by atoms with Gasteiger partial charge in [-0.1, -0.05) is 62.3 Å². The highest BCUT2D eigenvalue weighted by Crippen LogP contribution is 2.25. The van der Waals surface area contributed by atoms with Crippen molar-refractivity contribution < 1.29 is 101 Å². The Morgan fingerprint density at radius 2 is 0.777 bits per heavy atom. The lowest BCUT2D eigenvalue weighted by Crippen LogP contribution is -2.67. The van der Waals surface area contributed by atoms with E-state index in [2.05, 4.69) is 90.4 Å². The van der Waals surface area contributed by atoms with Crippen molar-refractivity contribution in [2.24, 2.45) is 35.1 Å². The Bertz CT molecular complexity index is 3790. The molecule has 0 aromatic rings. The molecule has 0 bridgehead atoms. The average molecular weight is 1720 g/mol. The third-order valence-corrected chi connectivity index (χ3v) is 19.9. The van der Waals surface area contributed by atoms with Crippen LogP contribution >= 0.6 is 0 Å². The van der Waals surface area contributed by atoms with Gasteiger partial charge in [-0.3, -0.25) is 95.9 Å². The van der Waals surface area contributed by atoms with Crippen LogP contribution in [0.1, 0.15) is 244 Å². The van der Waals surface area contributed by atoms with Gasteiger partial charge < -0.3 is 112 Å². The number of nitrogens with one attached hydrogen (secondary N) is 17. The Labute approximate surface area is 709 Å². The van der Waals surface area contributed by atoms with Gasteiger partial charge in [0.2, 0.25) is 118 Å². The van der Waals surface area contributed by atoms with Gasteiger partial charge in [0.05, 0.1) is 25.7 Å². The molecule has 22 N–H and O–H groups in total. The molecule has 121 heavy (non-hydrogen) atoms. The number of carbonyl (C=O) groups is 20. The Hall–Kier alpha value is -10.6. The molecule has 0 spiro atoms. The first-order chi connectivity index (χ1) is 55.1. The molecule has 41 heteroatoms. The van der Waals surface area contributed by atoms with Crippen LogP contribution in [0.3, 0.4) is 0 Å². The number of aliphatic hydroxyl groups excluding tert-OH is 1. The molecule has 1 aliphatic rings. The van der Waals surface area contributed by atoms with E-state index < -0.39 is 249 Å². The molecule has 1 aliphatic heterocycles. The summed E-state index contributed by atoms with van der Waals surface area (Å²) in [7, 11) is 0. The first-order valence-corrected chi connectivity index (χ1v) is 40.9. The molecule has 0 unspecified atom stereocenters. The predicted molar refractivity (Wildman–Crippen MR) is 445 cm³/mol. The number of likely N-dealkylation sites (tertiary alicyclic amines) is 1. The van der Waals surface area contributed by atoms with Crippen molar-refractivity contribution in [3.8, 4) is 0 Å². The Morgan fingerprint density at radius 3 is 1.22 bits per heavy atom. The highest BCUT2D eigenvalue weighted by molar-refractivity contribution is 6.04. The van der Waals surface area contributed by atoms with Crippen LogP contribution in [0.2, 0.25) is 0 Å². The summed E-state index contributed by atoms with van der Waals surface area (Å²) in [6, 6.07) is -9.89. The van der Waals surface area contributed by atoms with Gasteiger partial charge in [0.15, 0.2) is 0 Å². The third-order valence-electron chi connectivity index (χ3n) is 19.9. The summed E-state index contributed by atoms with van der Waals surface area (Å²) in [5.74, 6) is -17.2. The van der Waals surface area contributed by atoms with Gasteiger partial charge >= 0.3 is 0 Å². The predicted octanol–water partition coefficient (Wildman–Crippen LogP) is -3.49. The second kappa shape index (κ2) is 45.8. The topological polar surface area (TPSA) is 621 Å². The zero-order chi connectivity index (χ0) is 94.0. The van der Waals surface area contributed by atoms with Gasteiger partial charge in [-0.2, -0.15) is 0 Å². The van der Waals surface area contributed by atoms with E-state index >= 15 is 0 Å². The number of nitrogens with two attached hydrogens (primary N) is 2. The lowest BCUT2D eigenvalue weighted by atomic mass is 9.93. The highest BCUT2D eigenvalue weighted by atomic mass is 16.3. The van der Waals surface area contributed by atoms with E-state index in [0.29, 0.717) is 12.8 Å². The van der Waals surface area contributed by atoms with Crippen LogP contribution in [0.5, 0.6) is 0 Å². The maximum atomic E-state index is 14.5. The second-order valence-corrected chi connectivity index (χ2v) is 36.6. The quantitative estimate of drug-likeness (QED) is 0.0281. The first-order valence-electron chi connectivity index (χ1n) is 40.9. The second-order valence-electron chi connectivity index (χ2n) is 36.6. The summed E-state index contributed by atoms with van der Waals surface area (Å²) in [4.78, 5) is 271. The maximum Gasteiger partial charge on any atom is 0.248 e. The minimum absolute atomic E-state index is 0.0337. The summed E-state index contributed by atoms with van der Waals surface area (Å²) in [6.45, 7) is 36.7. The van der Waals surface area contributed by atoms with Crippen molar-refractivity contribution in [3.63, 3.8) is 0 Å². The third kappa shape index (κ3) is 35.5. The normalized spacial score (nSPS) is 15.6. The number of amides is 20. The van der Waals surface area contributed by atoms with E-state index in [1.165, 1.54) is 130 Å². The molecule has 1 rings (SSSR count). The van der Waals surface area contributed by atoms with Crippen molar-refractivity contribution in [2.75, 3.05) is 26.2 Å². The maximum absolute atomic E-state index is 14.5. The Balaban J connectivity index is 3.22. The summed E-state index contributed by atoms with van der Waals surface area (Å²) >= 11 is 0. The minimum Gasteiger partial charge on any atom is -0.394 e. The molecular weight excluding hydrogens is 1580 g/mol. The van der Waals surface area contributed by atoms with Gasteiger partial charge in [0.25, 0.3) is 0 Å². The smallest absolute Gasteiger partial charge is 0.248 e. The van der Waals surface area contributed by atoms with E-state index in [1.807, 2.05) is 13.8 Å². The molecule has 0 aliphatic carbocycles. The Morgan fingerprint density at radius 1 is 0.397 bits per heavy atom. The van der Waals surface area contributed by atoms with Gasteiger partial charge in [-0.25, -0.2) is 0 Å². The zero-order valence-corrected chi connectivity index (χ0v) is 75.5. The molecule has 0 radical (unpaired) electrons.